The van der Waals surface area contributed by atoms with Crippen LogP contribution in [-0.4, -0.2) is 40.6 Å². The zero-order valence-corrected chi connectivity index (χ0v) is 14.6. The number of nitrogens with one attached hydrogen (secondary N) is 1. The number of nitriles is 1. The average Bonchev–Trinajstić information content (AvgIpc) is 2.97. The summed E-state index contributed by atoms with van der Waals surface area (Å²) in [6.45, 7) is 1.18. The third-order valence-corrected chi connectivity index (χ3v) is 6.10. The van der Waals surface area contributed by atoms with Crippen molar-refractivity contribution in [2.75, 3.05) is 18.0 Å². The predicted molar refractivity (Wildman–Crippen MR) is 93.7 cm³/mol. The highest BCUT2D eigenvalue weighted by Gasteiger charge is 2.51. The van der Waals surface area contributed by atoms with E-state index < -0.39 is 17.4 Å². The van der Waals surface area contributed by atoms with Gasteiger partial charge in [0.15, 0.2) is 0 Å². The van der Waals surface area contributed by atoms with Crippen LogP contribution in [0.4, 0.5) is 5.82 Å². The summed E-state index contributed by atoms with van der Waals surface area (Å²) < 4.78 is 0. The highest BCUT2D eigenvalue weighted by atomic mass is 16.4. The number of aliphatic carboxylic acids is 1. The molecule has 0 unspecified atom stereocenters. The average molecular weight is 354 g/mol. The summed E-state index contributed by atoms with van der Waals surface area (Å²) in [5.74, 6) is -1.07. The van der Waals surface area contributed by atoms with E-state index in [-0.39, 0.29) is 12.3 Å². The molecule has 0 saturated carbocycles. The molecule has 3 heterocycles. The molecule has 26 heavy (non-hydrogen) atoms. The van der Waals surface area contributed by atoms with E-state index in [1.54, 1.807) is 0 Å². The monoisotopic (exact) mass is 354 g/mol. The molecule has 7 nitrogen and oxygen atoms in total. The van der Waals surface area contributed by atoms with E-state index in [1.165, 1.54) is 5.56 Å². The van der Waals surface area contributed by atoms with Crippen molar-refractivity contribution in [3.63, 3.8) is 0 Å². The number of carboxylic acid groups (broad SMARTS) is 1. The molecule has 1 aromatic rings. The molecular formula is C19H22N4O3. The molecule has 2 saturated heterocycles. The van der Waals surface area contributed by atoms with Gasteiger partial charge in [0, 0.05) is 25.2 Å². The first-order valence-corrected chi connectivity index (χ1v) is 9.24. The summed E-state index contributed by atoms with van der Waals surface area (Å²) in [7, 11) is 0. The molecule has 1 aromatic heterocycles. The lowest BCUT2D eigenvalue weighted by Crippen LogP contribution is -2.56. The minimum atomic E-state index is -0.915. The number of carboxylic acids is 1. The summed E-state index contributed by atoms with van der Waals surface area (Å²) in [4.78, 5) is 30.2. The zero-order chi connectivity index (χ0) is 18.3. The number of aromatic nitrogens is 1. The van der Waals surface area contributed by atoms with Crippen LogP contribution in [0.3, 0.4) is 0 Å². The first kappa shape index (κ1) is 16.8. The normalized spacial score (nSPS) is 24.0. The number of carbonyl (C=O) groups is 2. The van der Waals surface area contributed by atoms with E-state index in [1.807, 2.05) is 6.07 Å². The summed E-state index contributed by atoms with van der Waals surface area (Å²) in [5.41, 5.74) is 2.19. The number of carbonyl (C=O) groups excluding carboxylic acids is 1. The Morgan fingerprint density at radius 1 is 1.35 bits per heavy atom. The van der Waals surface area contributed by atoms with Crippen molar-refractivity contribution in [3.05, 3.63) is 22.9 Å². The van der Waals surface area contributed by atoms with E-state index in [9.17, 15) is 20.0 Å². The fourth-order valence-electron chi connectivity index (χ4n) is 4.66. The van der Waals surface area contributed by atoms with Gasteiger partial charge < -0.3 is 15.3 Å². The first-order chi connectivity index (χ1) is 12.5. The van der Waals surface area contributed by atoms with Crippen LogP contribution in [0.25, 0.3) is 0 Å². The number of aryl methyl sites for hydroxylation is 2. The van der Waals surface area contributed by atoms with Crippen molar-refractivity contribution in [2.45, 2.75) is 50.5 Å². The minimum Gasteiger partial charge on any atom is -0.481 e. The molecular weight excluding hydrogens is 332 g/mol. The molecule has 2 N–H and O–H groups in total. The maximum absolute atomic E-state index is 11.8. The van der Waals surface area contributed by atoms with E-state index in [0.29, 0.717) is 37.3 Å². The molecule has 7 heteroatoms. The fraction of sp³-hybridized carbons (Fsp3) is 0.579. The molecule has 4 rings (SSSR count). The molecule has 1 amide bonds. The number of anilines is 1. The molecule has 2 aliphatic heterocycles. The fourth-order valence-corrected chi connectivity index (χ4v) is 4.66. The molecule has 0 aromatic carbocycles. The largest absolute Gasteiger partial charge is 0.481 e. The number of hydrogen-bond donors (Lipinski definition) is 2. The maximum atomic E-state index is 11.8. The highest BCUT2D eigenvalue weighted by Crippen LogP contribution is 2.38. The lowest BCUT2D eigenvalue weighted by atomic mass is 9.77. The number of fused-ring (bicyclic) bond motifs is 1. The molecule has 0 bridgehead atoms. The Balaban J connectivity index is 1.58. The molecule has 2 fully saturated rings. The number of pyridine rings is 1. The van der Waals surface area contributed by atoms with Crippen LogP contribution in [-0.2, 0) is 22.4 Å². The van der Waals surface area contributed by atoms with Gasteiger partial charge in [0.25, 0.3) is 0 Å². The third-order valence-electron chi connectivity index (χ3n) is 6.10. The number of nitrogens with zero attached hydrogens (tertiary/aromatic N) is 3. The number of amides is 1. The Bertz CT molecular complexity index is 806. The predicted octanol–water partition coefficient (Wildman–Crippen LogP) is 1.39. The Hall–Kier alpha value is -2.62. The quantitative estimate of drug-likeness (QED) is 0.831. The van der Waals surface area contributed by atoms with Crippen LogP contribution in [0.15, 0.2) is 6.07 Å². The van der Waals surface area contributed by atoms with Crippen LogP contribution < -0.4 is 10.2 Å². The van der Waals surface area contributed by atoms with Gasteiger partial charge in [-0.15, -0.1) is 0 Å². The molecule has 1 aliphatic carbocycles. The van der Waals surface area contributed by atoms with E-state index in [2.05, 4.69) is 16.3 Å². The maximum Gasteiger partial charge on any atom is 0.309 e. The minimum absolute atomic E-state index is 0.0515. The molecule has 136 valence electrons. The van der Waals surface area contributed by atoms with Crippen LogP contribution in [0.5, 0.6) is 0 Å². The molecule has 1 atom stereocenters. The van der Waals surface area contributed by atoms with Gasteiger partial charge >= 0.3 is 5.97 Å². The van der Waals surface area contributed by atoms with Crippen LogP contribution in [0.1, 0.15) is 48.9 Å². The second kappa shape index (κ2) is 6.27. The Labute approximate surface area is 152 Å². The van der Waals surface area contributed by atoms with Gasteiger partial charge in [-0.25, -0.2) is 4.98 Å². The van der Waals surface area contributed by atoms with E-state index in [0.717, 1.165) is 31.4 Å². The number of rotatable bonds is 2. The molecule has 3 aliphatic rings. The van der Waals surface area contributed by atoms with Gasteiger partial charge in [-0.2, -0.15) is 5.26 Å². The lowest BCUT2D eigenvalue weighted by molar-refractivity contribution is -0.144. The topological polar surface area (TPSA) is 106 Å². The summed E-state index contributed by atoms with van der Waals surface area (Å²) >= 11 is 0. The van der Waals surface area contributed by atoms with Gasteiger partial charge in [-0.05, 0) is 50.2 Å². The smallest absolute Gasteiger partial charge is 0.309 e. The van der Waals surface area contributed by atoms with Gasteiger partial charge in [0.2, 0.25) is 5.91 Å². The van der Waals surface area contributed by atoms with Gasteiger partial charge in [0.1, 0.15) is 11.9 Å². The SMILES string of the molecule is N#Cc1cc2c(nc1N1CCC3(CC1)NC(=O)C[C@H]3C(=O)O)CCCC2. The second-order valence-electron chi connectivity index (χ2n) is 7.57. The molecule has 1 spiro atoms. The highest BCUT2D eigenvalue weighted by molar-refractivity contribution is 5.88. The lowest BCUT2D eigenvalue weighted by Gasteiger charge is -2.42. The standard InChI is InChI=1S/C19H22N4O3/c20-11-13-9-12-3-1-2-4-15(12)21-17(13)23-7-5-19(6-8-23)14(18(25)26)10-16(24)22-19/h9,14H,1-8,10H2,(H,22,24)(H,25,26)/t14-/m0/s1. The number of piperidine rings is 1. The van der Waals surface area contributed by atoms with Crippen LogP contribution >= 0.6 is 0 Å². The first-order valence-electron chi connectivity index (χ1n) is 9.24. The zero-order valence-electron chi connectivity index (χ0n) is 14.6. The van der Waals surface area contributed by atoms with Gasteiger partial charge in [0.05, 0.1) is 17.0 Å². The van der Waals surface area contributed by atoms with Crippen LogP contribution in [0, 0.1) is 17.2 Å². The molecule has 0 radical (unpaired) electrons. The van der Waals surface area contributed by atoms with Crippen LogP contribution in [0.2, 0.25) is 0 Å². The Kier molecular flexibility index (Phi) is 4.06. The Morgan fingerprint density at radius 3 is 2.77 bits per heavy atom. The van der Waals surface area contributed by atoms with Crippen molar-refractivity contribution in [1.29, 1.82) is 5.26 Å². The van der Waals surface area contributed by atoms with Crippen molar-refractivity contribution in [1.82, 2.24) is 10.3 Å². The third kappa shape index (κ3) is 2.70. The summed E-state index contributed by atoms with van der Waals surface area (Å²) in [6.07, 6.45) is 5.35. The second-order valence-corrected chi connectivity index (χ2v) is 7.57. The summed E-state index contributed by atoms with van der Waals surface area (Å²) in [6, 6.07) is 4.24. The van der Waals surface area contributed by atoms with Crippen molar-refractivity contribution >= 4 is 17.7 Å². The van der Waals surface area contributed by atoms with Crippen molar-refractivity contribution < 1.29 is 14.7 Å². The van der Waals surface area contributed by atoms with Gasteiger partial charge in [-0.1, -0.05) is 0 Å². The van der Waals surface area contributed by atoms with E-state index in [4.69, 9.17) is 4.98 Å². The van der Waals surface area contributed by atoms with Crippen molar-refractivity contribution in [2.24, 2.45) is 5.92 Å². The number of hydrogen-bond acceptors (Lipinski definition) is 5. The van der Waals surface area contributed by atoms with Gasteiger partial charge in [-0.3, -0.25) is 9.59 Å². The Morgan fingerprint density at radius 2 is 2.08 bits per heavy atom. The van der Waals surface area contributed by atoms with Crippen molar-refractivity contribution in [3.8, 4) is 6.07 Å². The van der Waals surface area contributed by atoms with E-state index >= 15 is 0 Å². The summed E-state index contributed by atoms with van der Waals surface area (Å²) in [5, 5.41) is 22.0.